The molecule has 0 aromatic heterocycles. The number of nitrogens with one attached hydrogen (secondary N) is 1. The van der Waals surface area contributed by atoms with Crippen LogP contribution in [0.3, 0.4) is 0 Å². The lowest BCUT2D eigenvalue weighted by atomic mass is 9.90. The van der Waals surface area contributed by atoms with Gasteiger partial charge in [0.25, 0.3) is 0 Å². The number of nitrogens with two attached hydrogens (primary N) is 1. The van der Waals surface area contributed by atoms with E-state index < -0.39 is 0 Å². The van der Waals surface area contributed by atoms with Crippen molar-refractivity contribution in [1.29, 1.82) is 0 Å². The van der Waals surface area contributed by atoms with E-state index in [9.17, 15) is 0 Å². The van der Waals surface area contributed by atoms with E-state index in [1.54, 1.807) is 0 Å². The molecule has 0 aromatic rings. The zero-order chi connectivity index (χ0) is 10.7. The van der Waals surface area contributed by atoms with Crippen LogP contribution in [0, 0.1) is 5.92 Å². The molecule has 0 amide bonds. The topological polar surface area (TPSA) is 38.0 Å². The summed E-state index contributed by atoms with van der Waals surface area (Å²) in [7, 11) is 0. The van der Waals surface area contributed by atoms with Gasteiger partial charge in [0.2, 0.25) is 0 Å². The summed E-state index contributed by atoms with van der Waals surface area (Å²) < 4.78 is 0. The number of hydrogen-bond acceptors (Lipinski definition) is 2. The van der Waals surface area contributed by atoms with Crippen LogP contribution < -0.4 is 11.1 Å². The molecular formula is C13H26N2. The van der Waals surface area contributed by atoms with Crippen LogP contribution in [0.15, 0.2) is 0 Å². The molecule has 0 aromatic carbocycles. The molecule has 2 aliphatic rings. The van der Waals surface area contributed by atoms with Crippen molar-refractivity contribution in [3.05, 3.63) is 0 Å². The van der Waals surface area contributed by atoms with Gasteiger partial charge >= 0.3 is 0 Å². The van der Waals surface area contributed by atoms with Crippen molar-refractivity contribution in [3.63, 3.8) is 0 Å². The van der Waals surface area contributed by atoms with E-state index in [4.69, 9.17) is 5.73 Å². The van der Waals surface area contributed by atoms with Gasteiger partial charge in [-0.05, 0) is 44.4 Å². The first-order valence-corrected chi connectivity index (χ1v) is 6.81. The van der Waals surface area contributed by atoms with Gasteiger partial charge in [-0.1, -0.05) is 19.8 Å². The van der Waals surface area contributed by atoms with Gasteiger partial charge in [0, 0.05) is 18.1 Å². The van der Waals surface area contributed by atoms with Gasteiger partial charge in [-0.2, -0.15) is 0 Å². The molecule has 88 valence electrons. The van der Waals surface area contributed by atoms with E-state index in [0.717, 1.165) is 18.0 Å². The van der Waals surface area contributed by atoms with Crippen molar-refractivity contribution in [2.24, 2.45) is 11.7 Å². The minimum absolute atomic E-state index is 0.480. The third-order valence-electron chi connectivity index (χ3n) is 4.41. The van der Waals surface area contributed by atoms with E-state index in [1.807, 2.05) is 0 Å². The Morgan fingerprint density at radius 1 is 1.07 bits per heavy atom. The fourth-order valence-electron chi connectivity index (χ4n) is 3.33. The van der Waals surface area contributed by atoms with Gasteiger partial charge in [-0.3, -0.25) is 0 Å². The number of hydrogen-bond donors (Lipinski definition) is 2. The van der Waals surface area contributed by atoms with Crippen LogP contribution in [-0.4, -0.2) is 18.1 Å². The lowest BCUT2D eigenvalue weighted by molar-refractivity contribution is 0.283. The first kappa shape index (κ1) is 11.4. The number of rotatable bonds is 3. The van der Waals surface area contributed by atoms with Crippen molar-refractivity contribution in [2.45, 2.75) is 76.4 Å². The van der Waals surface area contributed by atoms with Crippen molar-refractivity contribution < 1.29 is 0 Å². The molecule has 15 heavy (non-hydrogen) atoms. The highest BCUT2D eigenvalue weighted by molar-refractivity contribution is 4.87. The standard InChI is InChI=1S/C13H26N2/c1-2-10-4-3-5-13(10)15-12-8-6-11(14)7-9-12/h10-13,15H,2-9,14H2,1H3. The van der Waals surface area contributed by atoms with Crippen LogP contribution in [0.5, 0.6) is 0 Å². The van der Waals surface area contributed by atoms with Crippen LogP contribution in [0.1, 0.15) is 58.3 Å². The zero-order valence-corrected chi connectivity index (χ0v) is 10.0. The van der Waals surface area contributed by atoms with Gasteiger partial charge in [-0.15, -0.1) is 0 Å². The highest BCUT2D eigenvalue weighted by Crippen LogP contribution is 2.29. The first-order chi connectivity index (χ1) is 7.29. The van der Waals surface area contributed by atoms with Gasteiger partial charge < -0.3 is 11.1 Å². The van der Waals surface area contributed by atoms with Gasteiger partial charge in [0.1, 0.15) is 0 Å². The monoisotopic (exact) mass is 210 g/mol. The maximum absolute atomic E-state index is 5.93. The molecule has 2 fully saturated rings. The maximum atomic E-state index is 5.93. The summed E-state index contributed by atoms with van der Waals surface area (Å²) in [5, 5.41) is 3.88. The average molecular weight is 210 g/mol. The van der Waals surface area contributed by atoms with Crippen LogP contribution >= 0.6 is 0 Å². The first-order valence-electron chi connectivity index (χ1n) is 6.81. The minimum atomic E-state index is 0.480. The molecule has 0 bridgehead atoms. The van der Waals surface area contributed by atoms with Crippen molar-refractivity contribution >= 4 is 0 Å². The Bertz CT molecular complexity index is 185. The van der Waals surface area contributed by atoms with Gasteiger partial charge in [-0.25, -0.2) is 0 Å². The van der Waals surface area contributed by atoms with E-state index in [0.29, 0.717) is 6.04 Å². The van der Waals surface area contributed by atoms with E-state index in [1.165, 1.54) is 51.4 Å². The largest absolute Gasteiger partial charge is 0.328 e. The zero-order valence-electron chi connectivity index (χ0n) is 10.0. The molecular weight excluding hydrogens is 184 g/mol. The Balaban J connectivity index is 1.76. The Labute approximate surface area is 94.0 Å². The normalized spacial score (nSPS) is 42.0. The van der Waals surface area contributed by atoms with E-state index in [-0.39, 0.29) is 0 Å². The van der Waals surface area contributed by atoms with Crippen molar-refractivity contribution in [2.75, 3.05) is 0 Å². The Morgan fingerprint density at radius 2 is 1.80 bits per heavy atom. The predicted molar refractivity (Wildman–Crippen MR) is 64.8 cm³/mol. The fourth-order valence-corrected chi connectivity index (χ4v) is 3.33. The second-order valence-electron chi connectivity index (χ2n) is 5.48. The fraction of sp³-hybridized carbons (Fsp3) is 1.00. The summed E-state index contributed by atoms with van der Waals surface area (Å²) in [5.41, 5.74) is 5.93. The van der Waals surface area contributed by atoms with Gasteiger partial charge in [0.05, 0.1) is 0 Å². The Kier molecular flexibility index (Phi) is 4.04. The molecule has 0 heterocycles. The highest BCUT2D eigenvalue weighted by Gasteiger charge is 2.28. The summed E-state index contributed by atoms with van der Waals surface area (Å²) in [4.78, 5) is 0. The molecule has 0 saturated heterocycles. The third kappa shape index (κ3) is 2.94. The molecule has 0 spiro atoms. The SMILES string of the molecule is CCC1CCCC1NC1CCC(N)CC1. The quantitative estimate of drug-likeness (QED) is 0.751. The highest BCUT2D eigenvalue weighted by atomic mass is 15.0. The predicted octanol–water partition coefficient (Wildman–Crippen LogP) is 2.42. The average Bonchev–Trinajstić information content (AvgIpc) is 2.69. The van der Waals surface area contributed by atoms with Crippen LogP contribution in [-0.2, 0) is 0 Å². The van der Waals surface area contributed by atoms with Gasteiger partial charge in [0.15, 0.2) is 0 Å². The minimum Gasteiger partial charge on any atom is -0.328 e. The molecule has 2 aliphatic carbocycles. The lowest BCUT2D eigenvalue weighted by Crippen LogP contribution is -2.44. The summed E-state index contributed by atoms with van der Waals surface area (Å²) in [6.07, 6.45) is 10.7. The Hall–Kier alpha value is -0.0800. The van der Waals surface area contributed by atoms with Crippen molar-refractivity contribution in [3.8, 4) is 0 Å². The van der Waals surface area contributed by atoms with E-state index in [2.05, 4.69) is 12.2 Å². The van der Waals surface area contributed by atoms with Crippen LogP contribution in [0.2, 0.25) is 0 Å². The van der Waals surface area contributed by atoms with Crippen LogP contribution in [0.4, 0.5) is 0 Å². The molecule has 3 N–H and O–H groups in total. The molecule has 2 saturated carbocycles. The molecule has 2 rings (SSSR count). The lowest BCUT2D eigenvalue weighted by Gasteiger charge is -2.31. The van der Waals surface area contributed by atoms with E-state index >= 15 is 0 Å². The van der Waals surface area contributed by atoms with Crippen molar-refractivity contribution in [1.82, 2.24) is 5.32 Å². The second kappa shape index (κ2) is 5.31. The molecule has 2 heteroatoms. The molecule has 2 atom stereocenters. The Morgan fingerprint density at radius 3 is 2.47 bits per heavy atom. The third-order valence-corrected chi connectivity index (χ3v) is 4.41. The smallest absolute Gasteiger partial charge is 0.00978 e. The summed E-state index contributed by atoms with van der Waals surface area (Å²) in [6.45, 7) is 2.33. The maximum Gasteiger partial charge on any atom is 0.00978 e. The summed E-state index contributed by atoms with van der Waals surface area (Å²) in [6, 6.07) is 2.06. The van der Waals surface area contributed by atoms with Crippen LogP contribution in [0.25, 0.3) is 0 Å². The second-order valence-corrected chi connectivity index (χ2v) is 5.48. The molecule has 0 aliphatic heterocycles. The molecule has 2 unspecified atom stereocenters. The molecule has 2 nitrogen and oxygen atoms in total. The summed E-state index contributed by atoms with van der Waals surface area (Å²) in [5.74, 6) is 0.945. The molecule has 0 radical (unpaired) electrons. The summed E-state index contributed by atoms with van der Waals surface area (Å²) >= 11 is 0.